The predicted molar refractivity (Wildman–Crippen MR) is 153 cm³/mol. The molecule has 0 aromatic carbocycles. The largest absolute Gasteiger partial charge is 0.461 e. The summed E-state index contributed by atoms with van der Waals surface area (Å²) in [7, 11) is 0. The summed E-state index contributed by atoms with van der Waals surface area (Å²) >= 11 is 1.54. The lowest BCUT2D eigenvalue weighted by molar-refractivity contribution is 0.107. The molecule has 12 heteroatoms. The Morgan fingerprint density at radius 2 is 1.78 bits per heavy atom. The quantitative estimate of drug-likeness (QED) is 0.548. The van der Waals surface area contributed by atoms with Gasteiger partial charge in [0.25, 0.3) is 0 Å². The Bertz CT molecular complexity index is 1480. The molecule has 41 heavy (non-hydrogen) atoms. The highest BCUT2D eigenvalue weighted by Crippen LogP contribution is 2.53. The lowest BCUT2D eigenvalue weighted by atomic mass is 9.74. The van der Waals surface area contributed by atoms with Gasteiger partial charge in [-0.3, -0.25) is 4.90 Å². The van der Waals surface area contributed by atoms with Gasteiger partial charge in [0.05, 0.1) is 11.1 Å². The molecule has 1 aliphatic carbocycles. The van der Waals surface area contributed by atoms with Crippen LogP contribution < -0.4 is 25.6 Å². The number of hydrogen-bond donors (Lipinski definition) is 2. The van der Waals surface area contributed by atoms with Crippen molar-refractivity contribution in [1.29, 1.82) is 10.5 Å². The first-order chi connectivity index (χ1) is 19.9. The van der Waals surface area contributed by atoms with Crippen molar-refractivity contribution in [1.82, 2.24) is 20.2 Å². The van der Waals surface area contributed by atoms with Crippen LogP contribution in [0.2, 0.25) is 0 Å². The Labute approximate surface area is 242 Å². The highest BCUT2D eigenvalue weighted by molar-refractivity contribution is 7.16. The van der Waals surface area contributed by atoms with Crippen molar-refractivity contribution in [3.05, 3.63) is 21.6 Å². The first-order valence-electron chi connectivity index (χ1n) is 14.8. The summed E-state index contributed by atoms with van der Waals surface area (Å²) in [5, 5.41) is 24.5. The maximum atomic E-state index is 14.4. The number of ether oxygens (including phenoxy) is 1. The van der Waals surface area contributed by atoms with Crippen LogP contribution in [0.4, 0.5) is 21.0 Å². The monoisotopic (exact) mass is 575 g/mol. The molecule has 214 valence electrons. The number of fused-ring (bicyclic) bond motifs is 5. The van der Waals surface area contributed by atoms with Crippen molar-refractivity contribution in [2.24, 2.45) is 0 Å². The van der Waals surface area contributed by atoms with Crippen molar-refractivity contribution in [2.75, 3.05) is 61.4 Å². The Hall–Kier alpha value is -3.19. The van der Waals surface area contributed by atoms with Gasteiger partial charge in [0, 0.05) is 61.5 Å². The number of nitrogens with one attached hydrogen (secondary N) is 1. The number of thiophene rings is 1. The number of anilines is 3. The maximum absolute atomic E-state index is 14.4. The second kappa shape index (κ2) is 9.15. The first-order valence-corrected chi connectivity index (χ1v) is 15.6. The van der Waals surface area contributed by atoms with Crippen molar-refractivity contribution in [3.63, 3.8) is 0 Å². The van der Waals surface area contributed by atoms with E-state index in [4.69, 9.17) is 20.4 Å². The number of aryl methyl sites for hydroxylation is 1. The number of alkyl halides is 1. The van der Waals surface area contributed by atoms with Crippen LogP contribution in [0, 0.1) is 22.7 Å². The zero-order valence-corrected chi connectivity index (χ0v) is 23.9. The highest BCUT2D eigenvalue weighted by atomic mass is 32.1. The van der Waals surface area contributed by atoms with Crippen molar-refractivity contribution in [3.8, 4) is 18.1 Å². The summed E-state index contributed by atoms with van der Waals surface area (Å²) in [6, 6.07) is 5.80. The van der Waals surface area contributed by atoms with Crippen LogP contribution in [0.25, 0.3) is 0 Å². The molecule has 7 heterocycles. The number of piperazine rings is 1. The van der Waals surface area contributed by atoms with Gasteiger partial charge in [-0.2, -0.15) is 20.5 Å². The molecule has 0 radical (unpaired) electrons. The van der Waals surface area contributed by atoms with Gasteiger partial charge in [-0.15, -0.1) is 11.3 Å². The second-order valence-electron chi connectivity index (χ2n) is 12.9. The molecule has 0 unspecified atom stereocenters. The summed E-state index contributed by atoms with van der Waals surface area (Å²) in [4.78, 5) is 17.5. The van der Waals surface area contributed by atoms with Crippen LogP contribution in [0.1, 0.15) is 60.1 Å². The molecular formula is C29H34FN9OS. The summed E-state index contributed by atoms with van der Waals surface area (Å²) in [5.74, 6) is 1.22. The van der Waals surface area contributed by atoms with E-state index < -0.39 is 6.17 Å². The summed E-state index contributed by atoms with van der Waals surface area (Å²) < 4.78 is 20.8. The molecule has 8 rings (SSSR count). The number of nitriles is 2. The summed E-state index contributed by atoms with van der Waals surface area (Å²) in [5.41, 5.74) is 7.94. The van der Waals surface area contributed by atoms with E-state index in [1.54, 1.807) is 0 Å². The molecule has 0 saturated carbocycles. The number of rotatable bonds is 5. The molecular weight excluding hydrogens is 541 g/mol. The number of aromatic nitrogens is 2. The predicted octanol–water partition coefficient (Wildman–Crippen LogP) is 2.46. The Morgan fingerprint density at radius 1 is 1.05 bits per heavy atom. The maximum Gasteiger partial charge on any atom is 0.320 e. The first kappa shape index (κ1) is 25.5. The van der Waals surface area contributed by atoms with Gasteiger partial charge < -0.3 is 25.6 Å². The van der Waals surface area contributed by atoms with Gasteiger partial charge >= 0.3 is 6.01 Å². The fourth-order valence-corrected chi connectivity index (χ4v) is 9.77. The number of nitrogen functional groups attached to an aromatic ring is 1. The lowest BCUT2D eigenvalue weighted by Crippen LogP contribution is -2.59. The van der Waals surface area contributed by atoms with Crippen LogP contribution in [0.15, 0.2) is 0 Å². The van der Waals surface area contributed by atoms with Gasteiger partial charge in [0.2, 0.25) is 0 Å². The SMILES string of the molecule is N#Cc1c(N2C[C@H]3CC[C@@H](C2)N3)nc(OC[C@@]23CCCN2C[C@H](F)C3)nc1N1CC2(CCc3sc(N)c(C#N)c32)C1. The number of nitrogens with zero attached hydrogens (tertiary/aromatic N) is 7. The molecule has 2 aromatic heterocycles. The van der Waals surface area contributed by atoms with E-state index in [0.29, 0.717) is 72.5 Å². The van der Waals surface area contributed by atoms with Crippen LogP contribution in [-0.2, 0) is 11.8 Å². The minimum absolute atomic E-state index is 0.148. The van der Waals surface area contributed by atoms with E-state index in [9.17, 15) is 14.9 Å². The zero-order chi connectivity index (χ0) is 27.9. The number of halogens is 1. The Balaban J connectivity index is 1.13. The van der Waals surface area contributed by atoms with Crippen LogP contribution in [0.3, 0.4) is 0 Å². The van der Waals surface area contributed by atoms with Crippen LogP contribution in [0.5, 0.6) is 6.01 Å². The minimum Gasteiger partial charge on any atom is -0.461 e. The standard InChI is InChI=1S/C29H34FN9OS/c30-17-8-29(5-1-7-39(29)11-17)16-40-27-35-25(37-12-18-2-3-19(13-37)34-18)21(10-32)26(36-27)38-14-28(15-38)6-4-22-23(28)20(9-31)24(33)41-22/h17-19,34H,1-8,11-16,33H2/t17-,18-,19+,29+/m1/s1. The van der Waals surface area contributed by atoms with E-state index in [2.05, 4.69) is 32.2 Å². The Kier molecular flexibility index (Phi) is 5.70. The molecule has 5 aliphatic heterocycles. The topological polar surface area (TPSA) is 130 Å². The van der Waals surface area contributed by atoms with Crippen LogP contribution in [-0.4, -0.2) is 84.5 Å². The van der Waals surface area contributed by atoms with Crippen molar-refractivity contribution >= 4 is 28.0 Å². The van der Waals surface area contributed by atoms with Crippen molar-refractivity contribution in [2.45, 2.75) is 74.2 Å². The molecule has 0 amide bonds. The average Bonchev–Trinajstić information content (AvgIpc) is 3.72. The molecule has 6 aliphatic rings. The van der Waals surface area contributed by atoms with Crippen molar-refractivity contribution < 1.29 is 9.13 Å². The molecule has 5 saturated heterocycles. The highest BCUT2D eigenvalue weighted by Gasteiger charge is 2.53. The third-order valence-corrected chi connectivity index (χ3v) is 11.6. The van der Waals surface area contributed by atoms with E-state index in [1.807, 2.05) is 0 Å². The smallest absolute Gasteiger partial charge is 0.320 e. The van der Waals surface area contributed by atoms with Crippen LogP contribution >= 0.6 is 11.3 Å². The third kappa shape index (κ3) is 3.84. The fourth-order valence-electron chi connectivity index (χ4n) is 8.63. The second-order valence-corrected chi connectivity index (χ2v) is 14.1. The third-order valence-electron chi connectivity index (χ3n) is 10.5. The fraction of sp³-hybridized carbons (Fsp3) is 0.655. The molecule has 2 aromatic rings. The summed E-state index contributed by atoms with van der Waals surface area (Å²) in [6.07, 6.45) is 5.72. The van der Waals surface area contributed by atoms with E-state index in [0.717, 1.165) is 63.7 Å². The molecule has 4 atom stereocenters. The van der Waals surface area contributed by atoms with Gasteiger partial charge in [0.15, 0.2) is 11.6 Å². The average molecular weight is 576 g/mol. The van der Waals surface area contributed by atoms with E-state index >= 15 is 0 Å². The molecule has 2 bridgehead atoms. The van der Waals surface area contributed by atoms with E-state index in [-0.39, 0.29) is 17.0 Å². The normalized spacial score (nSPS) is 31.1. The van der Waals surface area contributed by atoms with Gasteiger partial charge in [-0.05, 0) is 50.6 Å². The van der Waals surface area contributed by atoms with Gasteiger partial charge in [-0.1, -0.05) is 0 Å². The number of nitrogens with two attached hydrogens (primary N) is 1. The number of hydrogen-bond acceptors (Lipinski definition) is 11. The molecule has 1 spiro atoms. The molecule has 10 nitrogen and oxygen atoms in total. The Morgan fingerprint density at radius 3 is 2.51 bits per heavy atom. The molecule has 5 fully saturated rings. The van der Waals surface area contributed by atoms with Gasteiger partial charge in [0.1, 0.15) is 35.5 Å². The van der Waals surface area contributed by atoms with Gasteiger partial charge in [-0.25, -0.2) is 4.39 Å². The van der Waals surface area contributed by atoms with E-state index in [1.165, 1.54) is 16.2 Å². The molecule has 3 N–H and O–H groups in total. The summed E-state index contributed by atoms with van der Waals surface area (Å²) in [6.45, 7) is 4.62. The lowest BCUT2D eigenvalue weighted by Gasteiger charge is -2.49. The minimum atomic E-state index is -0.832. The zero-order valence-electron chi connectivity index (χ0n) is 23.0.